The molecule has 0 aliphatic rings. The Balaban J connectivity index is 2.87. The first kappa shape index (κ1) is 16.6. The van der Waals surface area contributed by atoms with Gasteiger partial charge in [0.15, 0.2) is 0 Å². The first-order valence-electron chi connectivity index (χ1n) is 5.53. The highest BCUT2D eigenvalue weighted by Crippen LogP contribution is 2.25. The normalized spacial score (nSPS) is 12.2. The molecule has 112 valence electrons. The predicted molar refractivity (Wildman–Crippen MR) is 76.4 cm³/mol. The van der Waals surface area contributed by atoms with Gasteiger partial charge in [-0.15, -0.1) is 0 Å². The molecule has 1 rings (SSSR count). The summed E-state index contributed by atoms with van der Waals surface area (Å²) in [5.41, 5.74) is -1.10. The maximum Gasteiger partial charge on any atom is 0.312 e. The number of anilines is 1. The molecule has 10 heteroatoms. The first-order chi connectivity index (χ1) is 9.00. The second kappa shape index (κ2) is 5.90. The van der Waals surface area contributed by atoms with Crippen LogP contribution >= 0.6 is 11.6 Å². The lowest BCUT2D eigenvalue weighted by molar-refractivity contribution is -0.384. The molecule has 0 aromatic carbocycles. The Morgan fingerprint density at radius 2 is 2.10 bits per heavy atom. The second-order valence-corrected chi connectivity index (χ2v) is 7.07. The lowest BCUT2D eigenvalue weighted by Crippen LogP contribution is -2.47. The molecule has 8 nitrogen and oxygen atoms in total. The van der Waals surface area contributed by atoms with Crippen LogP contribution in [0.4, 0.5) is 11.5 Å². The number of rotatable bonds is 6. The zero-order valence-electron chi connectivity index (χ0n) is 11.2. The summed E-state index contributed by atoms with van der Waals surface area (Å²) < 4.78 is 24.8. The first-order valence-corrected chi connectivity index (χ1v) is 7.80. The van der Waals surface area contributed by atoms with Gasteiger partial charge in [0.2, 0.25) is 15.8 Å². The monoisotopic (exact) mass is 322 g/mol. The van der Waals surface area contributed by atoms with E-state index >= 15 is 0 Å². The largest absolute Gasteiger partial charge is 0.362 e. The molecular weight excluding hydrogens is 308 g/mol. The highest BCUT2D eigenvalue weighted by molar-refractivity contribution is 7.88. The standard InChI is InChI=1S/C10H15ClN4O4S/c1-10(2,14-20(3,18)19)6-13-9-8(15(16)17)4-7(11)5-12-9/h4-5,14H,6H2,1-3H3,(H,12,13). The molecule has 0 saturated heterocycles. The van der Waals surface area contributed by atoms with E-state index in [1.54, 1.807) is 13.8 Å². The van der Waals surface area contributed by atoms with E-state index in [9.17, 15) is 18.5 Å². The number of sulfonamides is 1. The van der Waals surface area contributed by atoms with Crippen LogP contribution in [0.3, 0.4) is 0 Å². The van der Waals surface area contributed by atoms with Crippen LogP contribution < -0.4 is 10.0 Å². The van der Waals surface area contributed by atoms with Gasteiger partial charge in [0, 0.05) is 24.3 Å². The topological polar surface area (TPSA) is 114 Å². The van der Waals surface area contributed by atoms with Crippen molar-refractivity contribution in [2.75, 3.05) is 18.1 Å². The summed E-state index contributed by atoms with van der Waals surface area (Å²) in [6.07, 6.45) is 2.31. The van der Waals surface area contributed by atoms with Crippen molar-refractivity contribution in [1.29, 1.82) is 0 Å². The van der Waals surface area contributed by atoms with Crippen LogP contribution in [0.15, 0.2) is 12.3 Å². The minimum atomic E-state index is -3.38. The van der Waals surface area contributed by atoms with Crippen LogP contribution in [0, 0.1) is 10.1 Å². The van der Waals surface area contributed by atoms with Gasteiger partial charge in [0.1, 0.15) is 0 Å². The molecular formula is C10H15ClN4O4S. The molecule has 0 atom stereocenters. The molecule has 1 heterocycles. The fourth-order valence-electron chi connectivity index (χ4n) is 1.55. The van der Waals surface area contributed by atoms with Gasteiger partial charge in [-0.2, -0.15) is 0 Å². The molecule has 0 unspecified atom stereocenters. The minimum Gasteiger partial charge on any atom is -0.362 e. The summed E-state index contributed by atoms with van der Waals surface area (Å²) in [5.74, 6) is 0.0303. The molecule has 0 fully saturated rings. The zero-order valence-corrected chi connectivity index (χ0v) is 12.7. The highest BCUT2D eigenvalue weighted by Gasteiger charge is 2.24. The number of hydrogen-bond donors (Lipinski definition) is 2. The van der Waals surface area contributed by atoms with Crippen molar-refractivity contribution < 1.29 is 13.3 Å². The Kier molecular flexibility index (Phi) is 4.90. The lowest BCUT2D eigenvalue weighted by Gasteiger charge is -2.25. The van der Waals surface area contributed by atoms with Crippen molar-refractivity contribution in [2.45, 2.75) is 19.4 Å². The molecule has 1 aromatic heterocycles. The Morgan fingerprint density at radius 1 is 1.50 bits per heavy atom. The van der Waals surface area contributed by atoms with E-state index in [1.807, 2.05) is 0 Å². The van der Waals surface area contributed by atoms with Crippen molar-refractivity contribution in [3.05, 3.63) is 27.4 Å². The van der Waals surface area contributed by atoms with E-state index in [-0.39, 0.29) is 23.1 Å². The van der Waals surface area contributed by atoms with Crippen molar-refractivity contribution in [3.8, 4) is 0 Å². The van der Waals surface area contributed by atoms with E-state index in [0.717, 1.165) is 6.26 Å². The smallest absolute Gasteiger partial charge is 0.312 e. The number of nitrogens with zero attached hydrogens (tertiary/aromatic N) is 2. The van der Waals surface area contributed by atoms with Gasteiger partial charge in [-0.25, -0.2) is 18.1 Å². The molecule has 0 aliphatic carbocycles. The molecule has 0 bridgehead atoms. The van der Waals surface area contributed by atoms with Crippen LogP contribution in [-0.4, -0.2) is 36.7 Å². The van der Waals surface area contributed by atoms with Crippen molar-refractivity contribution in [2.24, 2.45) is 0 Å². The average Bonchev–Trinajstić information content (AvgIpc) is 2.23. The number of nitrogens with one attached hydrogen (secondary N) is 2. The number of aromatic nitrogens is 1. The van der Waals surface area contributed by atoms with Crippen LogP contribution in [0.25, 0.3) is 0 Å². The van der Waals surface area contributed by atoms with Gasteiger partial charge >= 0.3 is 5.69 Å². The van der Waals surface area contributed by atoms with Crippen LogP contribution in [0.2, 0.25) is 5.02 Å². The molecule has 20 heavy (non-hydrogen) atoms. The fourth-order valence-corrected chi connectivity index (χ4v) is 2.77. The second-order valence-electron chi connectivity index (χ2n) is 4.89. The lowest BCUT2D eigenvalue weighted by atomic mass is 10.1. The quantitative estimate of drug-likeness (QED) is 0.604. The van der Waals surface area contributed by atoms with E-state index in [0.29, 0.717) is 0 Å². The molecule has 0 spiro atoms. The zero-order chi connectivity index (χ0) is 15.6. The third kappa shape index (κ3) is 5.27. The number of halogens is 1. The third-order valence-electron chi connectivity index (χ3n) is 2.19. The number of nitro groups is 1. The highest BCUT2D eigenvalue weighted by atomic mass is 35.5. The van der Waals surface area contributed by atoms with Gasteiger partial charge in [-0.05, 0) is 13.8 Å². The average molecular weight is 323 g/mol. The minimum absolute atomic E-state index is 0.0303. The van der Waals surface area contributed by atoms with E-state index in [2.05, 4.69) is 15.0 Å². The molecule has 0 saturated carbocycles. The predicted octanol–water partition coefficient (Wildman–Crippen LogP) is 1.38. The summed E-state index contributed by atoms with van der Waals surface area (Å²) in [5, 5.41) is 13.8. The fraction of sp³-hybridized carbons (Fsp3) is 0.500. The summed E-state index contributed by atoms with van der Waals surface area (Å²) in [6.45, 7) is 3.40. The van der Waals surface area contributed by atoms with Gasteiger partial charge in [-0.1, -0.05) is 11.6 Å². The van der Waals surface area contributed by atoms with Crippen molar-refractivity contribution in [1.82, 2.24) is 9.71 Å². The van der Waals surface area contributed by atoms with Crippen LogP contribution in [0.1, 0.15) is 13.8 Å². The Hall–Kier alpha value is -1.45. The third-order valence-corrected chi connectivity index (χ3v) is 3.32. The Morgan fingerprint density at radius 3 is 2.60 bits per heavy atom. The molecule has 0 aliphatic heterocycles. The summed E-state index contributed by atoms with van der Waals surface area (Å²) >= 11 is 5.65. The molecule has 1 aromatic rings. The Bertz CT molecular complexity index is 618. The van der Waals surface area contributed by atoms with Gasteiger partial charge in [0.05, 0.1) is 16.2 Å². The van der Waals surface area contributed by atoms with E-state index in [4.69, 9.17) is 11.6 Å². The molecule has 0 radical (unpaired) electrons. The Labute approximate surface area is 121 Å². The summed E-state index contributed by atoms with van der Waals surface area (Å²) in [6, 6.07) is 1.17. The van der Waals surface area contributed by atoms with Crippen molar-refractivity contribution in [3.63, 3.8) is 0 Å². The van der Waals surface area contributed by atoms with Crippen molar-refractivity contribution >= 4 is 33.1 Å². The SMILES string of the molecule is CC(C)(CNc1ncc(Cl)cc1[N+](=O)[O-])NS(C)(=O)=O. The van der Waals surface area contributed by atoms with Crippen LogP contribution in [0.5, 0.6) is 0 Å². The summed E-state index contributed by atoms with van der Waals surface area (Å²) in [4.78, 5) is 14.1. The van der Waals surface area contributed by atoms with Gasteiger partial charge in [0.25, 0.3) is 0 Å². The maximum atomic E-state index is 11.2. The molecule has 2 N–H and O–H groups in total. The van der Waals surface area contributed by atoms with E-state index < -0.39 is 20.5 Å². The van der Waals surface area contributed by atoms with Crippen LogP contribution in [-0.2, 0) is 10.0 Å². The van der Waals surface area contributed by atoms with Gasteiger partial charge in [-0.3, -0.25) is 10.1 Å². The number of pyridine rings is 1. The maximum absolute atomic E-state index is 11.2. The van der Waals surface area contributed by atoms with E-state index in [1.165, 1.54) is 12.3 Å². The number of hydrogen-bond acceptors (Lipinski definition) is 6. The summed E-state index contributed by atoms with van der Waals surface area (Å²) in [7, 11) is -3.38. The molecule has 0 amide bonds. The van der Waals surface area contributed by atoms with Gasteiger partial charge < -0.3 is 5.32 Å².